The minimum atomic E-state index is -0.708. The van der Waals surface area contributed by atoms with E-state index in [9.17, 15) is 4.39 Å². The summed E-state index contributed by atoms with van der Waals surface area (Å²) in [4.78, 5) is 0. The number of halogens is 1. The molecule has 0 aliphatic rings. The van der Waals surface area contributed by atoms with E-state index in [1.54, 1.807) is 0 Å². The minimum Gasteiger partial charge on any atom is -0.378 e. The van der Waals surface area contributed by atoms with Gasteiger partial charge in [-0.15, -0.1) is 0 Å². The Labute approximate surface area is 48.7 Å². The quantitative estimate of drug-likeness (QED) is 0.420. The highest BCUT2D eigenvalue weighted by Crippen LogP contribution is 1.95. The third kappa shape index (κ3) is 2.93. The molecule has 0 saturated heterocycles. The average molecular weight is 121 g/mol. The highest BCUT2D eigenvalue weighted by molar-refractivity contribution is 4.52. The van der Waals surface area contributed by atoms with Crippen molar-refractivity contribution in [1.29, 1.82) is 0 Å². The zero-order valence-electron chi connectivity index (χ0n) is 5.19. The molecule has 3 heteroatoms. The van der Waals surface area contributed by atoms with Crippen LogP contribution >= 0.6 is 0 Å². The summed E-state index contributed by atoms with van der Waals surface area (Å²) in [5.74, 6) is 0.0748. The molecule has 2 N–H and O–H groups in total. The van der Waals surface area contributed by atoms with Gasteiger partial charge in [-0.1, -0.05) is 13.8 Å². The van der Waals surface area contributed by atoms with Crippen LogP contribution in [-0.4, -0.2) is 18.1 Å². The van der Waals surface area contributed by atoms with E-state index in [1.165, 1.54) is 0 Å². The average Bonchev–Trinajstić information content (AvgIpc) is 1.67. The normalized spacial score (nSPS) is 14.6. The van der Waals surface area contributed by atoms with Crippen molar-refractivity contribution < 1.29 is 9.50 Å². The van der Waals surface area contributed by atoms with E-state index < -0.39 is 13.0 Å². The number of aliphatic hydroxyl groups excluding tert-OH is 1. The summed E-state index contributed by atoms with van der Waals surface area (Å²) in [7, 11) is 0. The van der Waals surface area contributed by atoms with Crippen LogP contribution in [0, 0.1) is 5.92 Å². The minimum absolute atomic E-state index is 0.0748. The highest BCUT2D eigenvalue weighted by atomic mass is 19.1. The molecular weight excluding hydrogens is 109 g/mol. The van der Waals surface area contributed by atoms with Gasteiger partial charge in [0.05, 0.1) is 0 Å². The lowest BCUT2D eigenvalue weighted by Gasteiger charge is -2.12. The second-order valence-electron chi connectivity index (χ2n) is 2.03. The van der Waals surface area contributed by atoms with Crippen LogP contribution < -0.4 is 5.32 Å². The largest absolute Gasteiger partial charge is 0.378 e. The lowest BCUT2D eigenvalue weighted by atomic mass is 10.2. The standard InChI is InChI=1S/C5H12FNO/c1-4(2)5(8)7-3-6/h4-5,7-8H,3H2,1-2H3. The summed E-state index contributed by atoms with van der Waals surface area (Å²) < 4.78 is 11.3. The summed E-state index contributed by atoms with van der Waals surface area (Å²) in [6, 6.07) is 0. The summed E-state index contributed by atoms with van der Waals surface area (Å²) in [5, 5.41) is 11.0. The van der Waals surface area contributed by atoms with Crippen molar-refractivity contribution in [2.75, 3.05) is 6.80 Å². The van der Waals surface area contributed by atoms with E-state index in [1.807, 2.05) is 13.8 Å². The van der Waals surface area contributed by atoms with Crippen molar-refractivity contribution in [2.45, 2.75) is 20.1 Å². The summed E-state index contributed by atoms with van der Waals surface area (Å²) >= 11 is 0. The SMILES string of the molecule is CC(C)C(O)NCF. The Kier molecular flexibility index (Phi) is 3.73. The topological polar surface area (TPSA) is 32.3 Å². The Hall–Kier alpha value is -0.150. The van der Waals surface area contributed by atoms with Crippen molar-refractivity contribution in [3.05, 3.63) is 0 Å². The molecule has 0 bridgehead atoms. The monoisotopic (exact) mass is 121 g/mol. The van der Waals surface area contributed by atoms with Crippen molar-refractivity contribution in [2.24, 2.45) is 5.92 Å². The molecule has 0 aliphatic heterocycles. The third-order valence-electron chi connectivity index (χ3n) is 0.918. The van der Waals surface area contributed by atoms with Gasteiger partial charge in [0.2, 0.25) is 0 Å². The van der Waals surface area contributed by atoms with Gasteiger partial charge in [-0.25, -0.2) is 4.39 Å². The molecule has 0 rings (SSSR count). The number of nitrogens with one attached hydrogen (secondary N) is 1. The van der Waals surface area contributed by atoms with Crippen molar-refractivity contribution >= 4 is 0 Å². The zero-order chi connectivity index (χ0) is 6.57. The first kappa shape index (κ1) is 7.85. The first-order chi connectivity index (χ1) is 3.68. The molecule has 0 aromatic rings. The molecule has 0 aromatic heterocycles. The van der Waals surface area contributed by atoms with Crippen LogP contribution in [0.15, 0.2) is 0 Å². The Balaban J connectivity index is 3.17. The first-order valence-electron chi connectivity index (χ1n) is 2.66. The lowest BCUT2D eigenvalue weighted by molar-refractivity contribution is 0.0779. The molecule has 1 unspecified atom stereocenters. The Morgan fingerprint density at radius 2 is 2.12 bits per heavy atom. The van der Waals surface area contributed by atoms with Crippen LogP contribution in [0.25, 0.3) is 0 Å². The van der Waals surface area contributed by atoms with Gasteiger partial charge in [0, 0.05) is 0 Å². The summed E-state index contributed by atoms with van der Waals surface area (Å²) in [6.45, 7) is 2.96. The molecular formula is C5H12FNO. The van der Waals surface area contributed by atoms with E-state index >= 15 is 0 Å². The third-order valence-corrected chi connectivity index (χ3v) is 0.918. The van der Waals surface area contributed by atoms with Gasteiger partial charge in [-0.2, -0.15) is 0 Å². The number of hydrogen-bond donors (Lipinski definition) is 2. The predicted molar refractivity (Wildman–Crippen MR) is 30.0 cm³/mol. The summed E-state index contributed by atoms with van der Waals surface area (Å²) in [5.41, 5.74) is 0. The lowest BCUT2D eigenvalue weighted by Crippen LogP contribution is -2.32. The molecule has 0 amide bonds. The molecule has 0 fully saturated rings. The zero-order valence-corrected chi connectivity index (χ0v) is 5.19. The van der Waals surface area contributed by atoms with Crippen LogP contribution in [0.2, 0.25) is 0 Å². The molecule has 50 valence electrons. The fourth-order valence-electron chi connectivity index (χ4n) is 0.315. The molecule has 1 atom stereocenters. The van der Waals surface area contributed by atoms with Gasteiger partial charge >= 0.3 is 0 Å². The molecule has 8 heavy (non-hydrogen) atoms. The molecule has 0 spiro atoms. The molecule has 0 radical (unpaired) electrons. The Morgan fingerprint density at radius 3 is 2.25 bits per heavy atom. The predicted octanol–water partition coefficient (Wildman–Crippen LogP) is 0.477. The van der Waals surface area contributed by atoms with E-state index in [0.29, 0.717) is 0 Å². The van der Waals surface area contributed by atoms with Crippen molar-refractivity contribution in [1.82, 2.24) is 5.32 Å². The van der Waals surface area contributed by atoms with Gasteiger partial charge in [0.1, 0.15) is 13.0 Å². The number of rotatable bonds is 3. The van der Waals surface area contributed by atoms with Gasteiger partial charge in [-0.05, 0) is 5.92 Å². The molecule has 2 nitrogen and oxygen atoms in total. The van der Waals surface area contributed by atoms with Gasteiger partial charge in [0.15, 0.2) is 0 Å². The maximum absolute atomic E-state index is 11.3. The second-order valence-corrected chi connectivity index (χ2v) is 2.03. The van der Waals surface area contributed by atoms with Crippen LogP contribution in [0.1, 0.15) is 13.8 Å². The van der Waals surface area contributed by atoms with Crippen LogP contribution in [0.4, 0.5) is 4.39 Å². The molecule has 0 saturated carbocycles. The fraction of sp³-hybridized carbons (Fsp3) is 1.00. The van der Waals surface area contributed by atoms with Crippen LogP contribution in [0.5, 0.6) is 0 Å². The van der Waals surface area contributed by atoms with Crippen molar-refractivity contribution in [3.8, 4) is 0 Å². The molecule has 0 aromatic carbocycles. The first-order valence-corrected chi connectivity index (χ1v) is 2.66. The molecule has 0 aliphatic carbocycles. The number of aliphatic hydroxyl groups is 1. The molecule has 0 heterocycles. The maximum atomic E-state index is 11.3. The van der Waals surface area contributed by atoms with Crippen molar-refractivity contribution in [3.63, 3.8) is 0 Å². The smallest absolute Gasteiger partial charge is 0.142 e. The van der Waals surface area contributed by atoms with E-state index in [2.05, 4.69) is 5.32 Å². The number of alkyl halides is 1. The maximum Gasteiger partial charge on any atom is 0.142 e. The van der Waals surface area contributed by atoms with E-state index in [4.69, 9.17) is 5.11 Å². The second kappa shape index (κ2) is 3.80. The van der Waals surface area contributed by atoms with E-state index in [-0.39, 0.29) is 5.92 Å². The van der Waals surface area contributed by atoms with E-state index in [0.717, 1.165) is 0 Å². The number of hydrogen-bond acceptors (Lipinski definition) is 2. The fourth-order valence-corrected chi connectivity index (χ4v) is 0.315. The Morgan fingerprint density at radius 1 is 1.62 bits per heavy atom. The van der Waals surface area contributed by atoms with Gasteiger partial charge < -0.3 is 5.11 Å². The van der Waals surface area contributed by atoms with Gasteiger partial charge in [0.25, 0.3) is 0 Å². The summed E-state index contributed by atoms with van der Waals surface area (Å²) in [6.07, 6.45) is -0.708. The van der Waals surface area contributed by atoms with Crippen LogP contribution in [-0.2, 0) is 0 Å². The highest BCUT2D eigenvalue weighted by Gasteiger charge is 2.05. The van der Waals surface area contributed by atoms with Crippen LogP contribution in [0.3, 0.4) is 0 Å². The Bertz CT molecular complexity index is 58.4. The van der Waals surface area contributed by atoms with Gasteiger partial charge in [-0.3, -0.25) is 5.32 Å².